The van der Waals surface area contributed by atoms with Gasteiger partial charge in [-0.2, -0.15) is 5.10 Å². The summed E-state index contributed by atoms with van der Waals surface area (Å²) in [5.41, 5.74) is 2.10. The molecule has 0 saturated carbocycles. The lowest BCUT2D eigenvalue weighted by molar-refractivity contribution is -0.384. The molecule has 0 aliphatic rings. The summed E-state index contributed by atoms with van der Waals surface area (Å²) in [6.07, 6.45) is 0. The summed E-state index contributed by atoms with van der Waals surface area (Å²) >= 11 is 0. The molecule has 1 amide bonds. The van der Waals surface area contributed by atoms with Crippen LogP contribution in [0.4, 0.5) is 11.4 Å². The minimum atomic E-state index is -0.499. The predicted octanol–water partition coefficient (Wildman–Crippen LogP) is 3.25. The Bertz CT molecular complexity index is 918. The molecular weight excluding hydrogens is 324 g/mol. The van der Waals surface area contributed by atoms with Crippen LogP contribution in [0.25, 0.3) is 11.3 Å². The highest BCUT2D eigenvalue weighted by atomic mass is 16.6. The first-order chi connectivity index (χ1) is 12.1. The fourth-order valence-electron chi connectivity index (χ4n) is 2.23. The minimum absolute atomic E-state index is 0.0418. The van der Waals surface area contributed by atoms with Gasteiger partial charge < -0.3 is 10.1 Å². The Morgan fingerprint density at radius 2 is 1.96 bits per heavy atom. The number of hydrogen-bond acceptors (Lipinski definition) is 5. The van der Waals surface area contributed by atoms with E-state index < -0.39 is 10.8 Å². The van der Waals surface area contributed by atoms with Crippen molar-refractivity contribution in [2.45, 2.75) is 0 Å². The van der Waals surface area contributed by atoms with Crippen molar-refractivity contribution >= 4 is 17.3 Å². The summed E-state index contributed by atoms with van der Waals surface area (Å²) in [7, 11) is 1.58. The van der Waals surface area contributed by atoms with Gasteiger partial charge in [0.1, 0.15) is 11.4 Å². The highest BCUT2D eigenvalue weighted by molar-refractivity contribution is 6.03. The van der Waals surface area contributed by atoms with Crippen LogP contribution >= 0.6 is 0 Å². The third-order valence-corrected chi connectivity index (χ3v) is 3.52. The van der Waals surface area contributed by atoms with Crippen LogP contribution in [0, 0.1) is 10.1 Å². The summed E-state index contributed by atoms with van der Waals surface area (Å²) in [5, 5.41) is 20.1. The number of methoxy groups -OCH3 is 1. The Morgan fingerprint density at radius 1 is 1.20 bits per heavy atom. The van der Waals surface area contributed by atoms with Gasteiger partial charge in [0.2, 0.25) is 0 Å². The monoisotopic (exact) mass is 338 g/mol. The van der Waals surface area contributed by atoms with Crippen LogP contribution in [0.15, 0.2) is 54.6 Å². The van der Waals surface area contributed by atoms with Crippen molar-refractivity contribution < 1.29 is 14.5 Å². The Kier molecular flexibility index (Phi) is 4.42. The van der Waals surface area contributed by atoms with Gasteiger partial charge in [0.15, 0.2) is 0 Å². The third kappa shape index (κ3) is 3.63. The lowest BCUT2D eigenvalue weighted by atomic mass is 10.1. The first kappa shape index (κ1) is 16.2. The highest BCUT2D eigenvalue weighted by Gasteiger charge is 2.12. The van der Waals surface area contributed by atoms with Crippen molar-refractivity contribution in [1.82, 2.24) is 10.2 Å². The number of aromatic nitrogens is 2. The van der Waals surface area contributed by atoms with Crippen LogP contribution < -0.4 is 10.1 Å². The van der Waals surface area contributed by atoms with E-state index in [1.54, 1.807) is 13.2 Å². The standard InChI is InChI=1S/C17H14N4O4/c1-25-14-4-2-3-11(9-14)15-10-16(20-19-15)17(22)18-12-5-7-13(8-6-12)21(23)24/h2-10H,1H3,(H,18,22)(H,19,20). The van der Waals surface area contributed by atoms with Crippen LogP contribution in [-0.4, -0.2) is 28.1 Å². The second-order valence-corrected chi connectivity index (χ2v) is 5.16. The van der Waals surface area contributed by atoms with Crippen LogP contribution in [0.3, 0.4) is 0 Å². The molecule has 1 aromatic heterocycles. The minimum Gasteiger partial charge on any atom is -0.497 e. The molecule has 1 heterocycles. The quantitative estimate of drug-likeness (QED) is 0.548. The summed E-state index contributed by atoms with van der Waals surface area (Å²) in [6.45, 7) is 0. The number of carbonyl (C=O) groups excluding carboxylic acids is 1. The third-order valence-electron chi connectivity index (χ3n) is 3.52. The van der Waals surface area contributed by atoms with Gasteiger partial charge in [0, 0.05) is 23.4 Å². The van der Waals surface area contributed by atoms with Crippen molar-refractivity contribution in [3.8, 4) is 17.0 Å². The molecule has 126 valence electrons. The van der Waals surface area contributed by atoms with Crippen molar-refractivity contribution in [1.29, 1.82) is 0 Å². The van der Waals surface area contributed by atoms with Crippen molar-refractivity contribution in [2.24, 2.45) is 0 Å². The zero-order chi connectivity index (χ0) is 17.8. The van der Waals surface area contributed by atoms with E-state index in [1.807, 2.05) is 24.3 Å². The molecule has 0 fully saturated rings. The maximum Gasteiger partial charge on any atom is 0.273 e. The van der Waals surface area contributed by atoms with Crippen LogP contribution in [0.2, 0.25) is 0 Å². The van der Waals surface area contributed by atoms with Crippen LogP contribution in [0.5, 0.6) is 5.75 Å². The number of nitrogens with zero attached hydrogens (tertiary/aromatic N) is 2. The Balaban J connectivity index is 1.75. The Hall–Kier alpha value is -3.68. The number of aromatic amines is 1. The number of nitrogens with one attached hydrogen (secondary N) is 2. The summed E-state index contributed by atoms with van der Waals surface area (Å²) in [4.78, 5) is 22.4. The van der Waals surface area contributed by atoms with Crippen molar-refractivity contribution in [3.05, 3.63) is 70.4 Å². The average molecular weight is 338 g/mol. The van der Waals surface area contributed by atoms with E-state index in [0.717, 1.165) is 5.56 Å². The van der Waals surface area contributed by atoms with E-state index >= 15 is 0 Å². The highest BCUT2D eigenvalue weighted by Crippen LogP contribution is 2.23. The molecule has 0 bridgehead atoms. The number of nitro benzene ring substituents is 1. The van der Waals surface area contributed by atoms with Gasteiger partial charge in [-0.1, -0.05) is 12.1 Å². The van der Waals surface area contributed by atoms with Crippen molar-refractivity contribution in [3.63, 3.8) is 0 Å². The molecule has 0 spiro atoms. The molecule has 3 rings (SSSR count). The lowest BCUT2D eigenvalue weighted by Crippen LogP contribution is -2.12. The molecule has 8 heteroatoms. The zero-order valence-electron chi connectivity index (χ0n) is 13.2. The molecule has 2 aromatic carbocycles. The Labute approximate surface area is 142 Å². The van der Waals surface area contributed by atoms with Gasteiger partial charge in [0.05, 0.1) is 17.7 Å². The van der Waals surface area contributed by atoms with Gasteiger partial charge in [-0.05, 0) is 30.3 Å². The number of H-pyrrole nitrogens is 1. The fraction of sp³-hybridized carbons (Fsp3) is 0.0588. The molecule has 2 N–H and O–H groups in total. The zero-order valence-corrected chi connectivity index (χ0v) is 13.2. The second kappa shape index (κ2) is 6.83. The van der Waals surface area contributed by atoms with Gasteiger partial charge in [-0.25, -0.2) is 0 Å². The molecule has 0 saturated heterocycles. The number of non-ortho nitro benzene ring substituents is 1. The van der Waals surface area contributed by atoms with Gasteiger partial charge >= 0.3 is 0 Å². The first-order valence-corrected chi connectivity index (χ1v) is 7.32. The van der Waals surface area contributed by atoms with E-state index in [1.165, 1.54) is 24.3 Å². The number of benzene rings is 2. The molecule has 0 aliphatic heterocycles. The second-order valence-electron chi connectivity index (χ2n) is 5.16. The fourth-order valence-corrected chi connectivity index (χ4v) is 2.23. The number of anilines is 1. The van der Waals surface area contributed by atoms with E-state index in [2.05, 4.69) is 15.5 Å². The molecule has 3 aromatic rings. The molecule has 8 nitrogen and oxygen atoms in total. The van der Waals surface area contributed by atoms with E-state index in [9.17, 15) is 14.9 Å². The van der Waals surface area contributed by atoms with Gasteiger partial charge in [-0.15, -0.1) is 0 Å². The molecule has 0 radical (unpaired) electrons. The maximum atomic E-state index is 12.3. The smallest absolute Gasteiger partial charge is 0.273 e. The number of hydrogen-bond donors (Lipinski definition) is 2. The number of carbonyl (C=O) groups is 1. The predicted molar refractivity (Wildman–Crippen MR) is 91.6 cm³/mol. The van der Waals surface area contributed by atoms with Crippen LogP contribution in [-0.2, 0) is 0 Å². The number of nitro groups is 1. The average Bonchev–Trinajstić information content (AvgIpc) is 3.12. The normalized spacial score (nSPS) is 10.3. The molecule has 0 atom stereocenters. The molecule has 25 heavy (non-hydrogen) atoms. The van der Waals surface area contributed by atoms with E-state index in [4.69, 9.17) is 4.74 Å². The topological polar surface area (TPSA) is 110 Å². The first-order valence-electron chi connectivity index (χ1n) is 7.32. The van der Waals surface area contributed by atoms with Crippen molar-refractivity contribution in [2.75, 3.05) is 12.4 Å². The number of rotatable bonds is 5. The number of amides is 1. The molecule has 0 unspecified atom stereocenters. The summed E-state index contributed by atoms with van der Waals surface area (Å²) in [5.74, 6) is 0.299. The maximum absolute atomic E-state index is 12.3. The van der Waals surface area contributed by atoms with Crippen LogP contribution in [0.1, 0.15) is 10.5 Å². The van der Waals surface area contributed by atoms with Gasteiger partial charge in [-0.3, -0.25) is 20.0 Å². The summed E-state index contributed by atoms with van der Waals surface area (Å²) < 4.78 is 5.17. The van der Waals surface area contributed by atoms with E-state index in [0.29, 0.717) is 17.1 Å². The number of ether oxygens (including phenoxy) is 1. The summed E-state index contributed by atoms with van der Waals surface area (Å²) in [6, 6.07) is 14.5. The lowest BCUT2D eigenvalue weighted by Gasteiger charge is -2.02. The largest absolute Gasteiger partial charge is 0.497 e. The van der Waals surface area contributed by atoms with E-state index in [-0.39, 0.29) is 11.4 Å². The molecule has 0 aliphatic carbocycles. The SMILES string of the molecule is COc1cccc(-c2cc(C(=O)Nc3ccc([N+](=O)[O-])cc3)[nH]n2)c1. The Morgan fingerprint density at radius 3 is 2.64 bits per heavy atom. The molecular formula is C17H14N4O4. The van der Waals surface area contributed by atoms with Gasteiger partial charge in [0.25, 0.3) is 11.6 Å².